The van der Waals surface area contributed by atoms with E-state index in [0.29, 0.717) is 5.69 Å². The fourth-order valence-electron chi connectivity index (χ4n) is 8.07. The molecule has 4 aromatic carbocycles. The van der Waals surface area contributed by atoms with Crippen molar-refractivity contribution in [3.8, 4) is 0 Å². The SMILES string of the molecule is CCCCCCCCN(CCCCCCCC)CC1OC(c2ccc(NC(=O)C(Cc3ccccc3)NS(=O)(=O)c3ccc(C)cc3)cc2)OC(c2ccc(CO)cc2)C1C. The molecule has 5 atom stereocenters. The summed E-state index contributed by atoms with van der Waals surface area (Å²) in [7, 11) is -3.99. The number of aliphatic hydroxyl groups excluding tert-OH is 1. The molecule has 332 valence electrons. The first kappa shape index (κ1) is 48.1. The van der Waals surface area contributed by atoms with Crippen molar-refractivity contribution in [2.45, 2.75) is 147 Å². The number of unbranched alkanes of at least 4 members (excludes halogenated alkanes) is 10. The second kappa shape index (κ2) is 25.3. The van der Waals surface area contributed by atoms with Crippen molar-refractivity contribution >= 4 is 21.6 Å². The number of ether oxygens (including phenoxy) is 2. The molecule has 1 amide bonds. The summed E-state index contributed by atoms with van der Waals surface area (Å²) in [6, 6.07) is 30.4. The van der Waals surface area contributed by atoms with Gasteiger partial charge in [0, 0.05) is 23.7 Å². The Morgan fingerprint density at radius 3 is 1.87 bits per heavy atom. The fourth-order valence-corrected chi connectivity index (χ4v) is 9.27. The van der Waals surface area contributed by atoms with Gasteiger partial charge in [-0.1, -0.05) is 169 Å². The van der Waals surface area contributed by atoms with E-state index in [1.165, 1.54) is 77.0 Å². The summed E-state index contributed by atoms with van der Waals surface area (Å²) in [5, 5.41) is 12.7. The predicted octanol–water partition coefficient (Wildman–Crippen LogP) is 10.8. The molecule has 1 heterocycles. The summed E-state index contributed by atoms with van der Waals surface area (Å²) in [5.74, 6) is -0.398. The third-order valence-corrected chi connectivity index (χ3v) is 13.4. The molecule has 4 aromatic rings. The number of carbonyl (C=O) groups is 1. The van der Waals surface area contributed by atoms with Gasteiger partial charge in [-0.15, -0.1) is 0 Å². The molecule has 1 aliphatic rings. The van der Waals surface area contributed by atoms with Crippen LogP contribution in [0, 0.1) is 12.8 Å². The van der Waals surface area contributed by atoms with Crippen molar-refractivity contribution < 1.29 is 27.8 Å². The zero-order valence-electron chi connectivity index (χ0n) is 37.1. The van der Waals surface area contributed by atoms with Crippen LogP contribution in [0.4, 0.5) is 5.69 Å². The zero-order valence-corrected chi connectivity index (χ0v) is 37.9. The molecule has 1 aliphatic heterocycles. The van der Waals surface area contributed by atoms with Gasteiger partial charge < -0.3 is 24.8 Å². The smallest absolute Gasteiger partial charge is 0.242 e. The normalized spacial score (nSPS) is 18.6. The summed E-state index contributed by atoms with van der Waals surface area (Å²) in [6.07, 6.45) is 14.3. The van der Waals surface area contributed by atoms with Gasteiger partial charge >= 0.3 is 0 Å². The Balaban J connectivity index is 1.33. The monoisotopic (exact) mass is 854 g/mol. The molecular formula is C51H71N3O6S. The minimum atomic E-state index is -3.99. The lowest BCUT2D eigenvalue weighted by molar-refractivity contribution is -0.276. The highest BCUT2D eigenvalue weighted by atomic mass is 32.2. The van der Waals surface area contributed by atoms with Crippen LogP contribution in [0.5, 0.6) is 0 Å². The number of amides is 1. The van der Waals surface area contributed by atoms with Crippen LogP contribution in [-0.4, -0.2) is 56.1 Å². The zero-order chi connectivity index (χ0) is 43.5. The first-order chi connectivity index (χ1) is 29.6. The Morgan fingerprint density at radius 1 is 0.705 bits per heavy atom. The number of sulfonamides is 1. The number of aliphatic hydroxyl groups is 1. The Bertz CT molecular complexity index is 1940. The highest BCUT2D eigenvalue weighted by Crippen LogP contribution is 2.42. The van der Waals surface area contributed by atoms with Crippen LogP contribution in [-0.2, 0) is 37.3 Å². The number of carbonyl (C=O) groups excluding carboxylic acids is 1. The summed E-state index contributed by atoms with van der Waals surface area (Å²) in [6.45, 7) is 11.5. The molecule has 0 spiro atoms. The fraction of sp³-hybridized carbons (Fsp3) is 0.510. The van der Waals surface area contributed by atoms with Crippen molar-refractivity contribution in [1.82, 2.24) is 9.62 Å². The van der Waals surface area contributed by atoms with E-state index in [9.17, 15) is 18.3 Å². The lowest BCUT2D eigenvalue weighted by atomic mass is 9.90. The molecule has 1 saturated heterocycles. The van der Waals surface area contributed by atoms with Gasteiger partial charge in [0.2, 0.25) is 15.9 Å². The van der Waals surface area contributed by atoms with E-state index in [1.54, 1.807) is 24.3 Å². The van der Waals surface area contributed by atoms with Crippen molar-refractivity contribution in [3.63, 3.8) is 0 Å². The highest BCUT2D eigenvalue weighted by Gasteiger charge is 2.39. The van der Waals surface area contributed by atoms with E-state index in [-0.39, 0.29) is 36.0 Å². The van der Waals surface area contributed by atoms with Gasteiger partial charge in [-0.05, 0) is 80.2 Å². The number of hydrogen-bond acceptors (Lipinski definition) is 7. The van der Waals surface area contributed by atoms with Gasteiger partial charge in [0.05, 0.1) is 23.7 Å². The van der Waals surface area contributed by atoms with Crippen LogP contribution >= 0.6 is 0 Å². The molecule has 61 heavy (non-hydrogen) atoms. The second-order valence-electron chi connectivity index (χ2n) is 16.9. The van der Waals surface area contributed by atoms with Gasteiger partial charge in [-0.3, -0.25) is 4.79 Å². The molecule has 0 aromatic heterocycles. The maximum atomic E-state index is 13.9. The van der Waals surface area contributed by atoms with Crippen LogP contribution in [0.15, 0.2) is 108 Å². The lowest BCUT2D eigenvalue weighted by Gasteiger charge is -2.43. The van der Waals surface area contributed by atoms with Crippen molar-refractivity contribution in [2.24, 2.45) is 5.92 Å². The summed E-state index contributed by atoms with van der Waals surface area (Å²) < 4.78 is 43.3. The molecule has 0 saturated carbocycles. The third-order valence-electron chi connectivity index (χ3n) is 11.9. The maximum Gasteiger partial charge on any atom is 0.242 e. The molecule has 0 bridgehead atoms. The minimum Gasteiger partial charge on any atom is -0.392 e. The minimum absolute atomic E-state index is 0.0178. The Hall–Kier alpha value is -3.90. The molecule has 10 heteroatoms. The van der Waals surface area contributed by atoms with E-state index in [0.717, 1.165) is 47.5 Å². The number of nitrogens with zero attached hydrogens (tertiary/aromatic N) is 1. The number of nitrogens with one attached hydrogen (secondary N) is 2. The average molecular weight is 854 g/mol. The predicted molar refractivity (Wildman–Crippen MR) is 247 cm³/mol. The van der Waals surface area contributed by atoms with Gasteiger partial charge in [-0.2, -0.15) is 4.72 Å². The van der Waals surface area contributed by atoms with E-state index in [1.807, 2.05) is 85.8 Å². The largest absolute Gasteiger partial charge is 0.392 e. The Labute approximate surface area is 366 Å². The topological polar surface area (TPSA) is 117 Å². The standard InChI is InChI=1S/C51H71N3O6S/c1-5-7-9-11-13-18-34-54(35-19-14-12-10-8-6-2)37-48-40(4)49(43-26-24-42(38-55)25-27-43)60-51(59-48)44-28-30-45(31-29-44)52-50(56)47(36-41-20-16-15-17-21-41)53-61(57,58)46-32-22-39(3)23-33-46/h15-17,20-33,40,47-49,51,53,55H,5-14,18-19,34-38H2,1-4H3,(H,52,56). The van der Waals surface area contributed by atoms with Gasteiger partial charge in [0.25, 0.3) is 0 Å². The van der Waals surface area contributed by atoms with Crippen LogP contribution < -0.4 is 10.0 Å². The van der Waals surface area contributed by atoms with Crippen molar-refractivity contribution in [2.75, 3.05) is 25.0 Å². The van der Waals surface area contributed by atoms with Gasteiger partial charge in [0.1, 0.15) is 6.04 Å². The maximum absolute atomic E-state index is 13.9. The van der Waals surface area contributed by atoms with E-state index < -0.39 is 28.3 Å². The molecule has 5 rings (SSSR count). The molecule has 9 nitrogen and oxygen atoms in total. The third kappa shape index (κ3) is 15.4. The van der Waals surface area contributed by atoms with Crippen molar-refractivity contribution in [1.29, 1.82) is 0 Å². The molecule has 0 radical (unpaired) electrons. The first-order valence-corrected chi connectivity index (χ1v) is 24.3. The van der Waals surface area contributed by atoms with Crippen LogP contribution in [0.3, 0.4) is 0 Å². The van der Waals surface area contributed by atoms with Gasteiger partial charge in [-0.25, -0.2) is 8.42 Å². The second-order valence-corrected chi connectivity index (χ2v) is 18.7. The van der Waals surface area contributed by atoms with Crippen molar-refractivity contribution in [3.05, 3.63) is 131 Å². The van der Waals surface area contributed by atoms with E-state index >= 15 is 0 Å². The quantitative estimate of drug-likeness (QED) is 0.0539. The average Bonchev–Trinajstić information content (AvgIpc) is 3.27. The molecule has 5 unspecified atom stereocenters. The number of anilines is 1. The Morgan fingerprint density at radius 2 is 1.28 bits per heavy atom. The highest BCUT2D eigenvalue weighted by molar-refractivity contribution is 7.89. The molecule has 1 fully saturated rings. The van der Waals surface area contributed by atoms with E-state index in [4.69, 9.17) is 9.47 Å². The molecule has 3 N–H and O–H groups in total. The summed E-state index contributed by atoms with van der Waals surface area (Å²) in [4.78, 5) is 16.6. The van der Waals surface area contributed by atoms with Crippen LogP contribution in [0.25, 0.3) is 0 Å². The van der Waals surface area contributed by atoms with Gasteiger partial charge in [0.15, 0.2) is 6.29 Å². The summed E-state index contributed by atoms with van der Waals surface area (Å²) in [5.41, 5.74) is 5.03. The Kier molecular flexibility index (Phi) is 19.9. The molecular weight excluding hydrogens is 783 g/mol. The number of rotatable bonds is 26. The van der Waals surface area contributed by atoms with Crippen LogP contribution in [0.2, 0.25) is 0 Å². The van der Waals surface area contributed by atoms with Crippen LogP contribution in [0.1, 0.15) is 138 Å². The molecule has 0 aliphatic carbocycles. The lowest BCUT2D eigenvalue weighted by Crippen LogP contribution is -2.45. The first-order valence-electron chi connectivity index (χ1n) is 22.9. The number of aryl methyl sites for hydroxylation is 1. The number of hydrogen-bond donors (Lipinski definition) is 3. The van der Waals surface area contributed by atoms with E-state index in [2.05, 4.69) is 35.7 Å². The summed E-state index contributed by atoms with van der Waals surface area (Å²) >= 11 is 0. The number of benzene rings is 4.